The van der Waals surface area contributed by atoms with Crippen LogP contribution in [0, 0.1) is 17.9 Å². The standard InChI is InChI=1S/C22H17N3O2S/c1-24-19-18(20(22(26)27-3)25(2)21(19)28-4)15-11-9-14(10-12-15)17-8-6-5-7-16(17)13-23/h5-12H,2-4H3. The van der Waals surface area contributed by atoms with Gasteiger partial charge in [-0.15, -0.1) is 11.8 Å². The lowest BCUT2D eigenvalue weighted by Gasteiger charge is -2.09. The number of benzene rings is 2. The van der Waals surface area contributed by atoms with Crippen LogP contribution in [0.5, 0.6) is 0 Å². The van der Waals surface area contributed by atoms with Gasteiger partial charge in [0, 0.05) is 12.6 Å². The van der Waals surface area contributed by atoms with Crippen LogP contribution in [-0.4, -0.2) is 23.9 Å². The fourth-order valence-corrected chi connectivity index (χ4v) is 3.95. The molecular weight excluding hydrogens is 370 g/mol. The highest BCUT2D eigenvalue weighted by atomic mass is 32.2. The fraction of sp³-hybridized carbons (Fsp3) is 0.136. The van der Waals surface area contributed by atoms with Gasteiger partial charge < -0.3 is 9.30 Å². The Morgan fingerprint density at radius 3 is 2.39 bits per heavy atom. The SMILES string of the molecule is [C-]#[N+]c1c(-c2ccc(-c3ccccc3C#N)cc2)c(C(=O)OC)n(C)c1SC. The molecule has 1 heterocycles. The molecule has 0 saturated heterocycles. The molecule has 0 unspecified atom stereocenters. The van der Waals surface area contributed by atoms with Crippen LogP contribution in [0.25, 0.3) is 27.1 Å². The molecule has 0 aliphatic heterocycles. The van der Waals surface area contributed by atoms with Gasteiger partial charge in [0.2, 0.25) is 5.69 Å². The highest BCUT2D eigenvalue weighted by Crippen LogP contribution is 2.43. The molecule has 0 bridgehead atoms. The Balaban J connectivity index is 2.19. The topological polar surface area (TPSA) is 59.4 Å². The molecule has 0 spiro atoms. The molecule has 0 amide bonds. The van der Waals surface area contributed by atoms with E-state index in [1.54, 1.807) is 17.7 Å². The van der Waals surface area contributed by atoms with Crippen LogP contribution in [0.3, 0.4) is 0 Å². The van der Waals surface area contributed by atoms with Crippen LogP contribution < -0.4 is 0 Å². The second-order valence-electron chi connectivity index (χ2n) is 5.98. The van der Waals surface area contributed by atoms with Gasteiger partial charge in [-0.05, 0) is 29.0 Å². The number of ether oxygens (including phenoxy) is 1. The Hall–Kier alpha value is -3.48. The summed E-state index contributed by atoms with van der Waals surface area (Å²) in [5, 5.41) is 10.0. The summed E-state index contributed by atoms with van der Waals surface area (Å²) in [7, 11) is 3.09. The van der Waals surface area contributed by atoms with Crippen molar-refractivity contribution in [3.8, 4) is 28.3 Å². The number of nitrogens with zero attached hydrogens (tertiary/aromatic N) is 3. The van der Waals surface area contributed by atoms with Crippen LogP contribution in [-0.2, 0) is 11.8 Å². The zero-order valence-electron chi connectivity index (χ0n) is 15.7. The lowest BCUT2D eigenvalue weighted by atomic mass is 9.97. The highest BCUT2D eigenvalue weighted by Gasteiger charge is 2.27. The van der Waals surface area contributed by atoms with Crippen molar-refractivity contribution < 1.29 is 9.53 Å². The van der Waals surface area contributed by atoms with E-state index in [1.165, 1.54) is 18.9 Å². The predicted molar refractivity (Wildman–Crippen MR) is 110 cm³/mol. The van der Waals surface area contributed by atoms with Gasteiger partial charge in [-0.2, -0.15) is 5.26 Å². The molecule has 0 saturated carbocycles. The number of nitriles is 1. The van der Waals surface area contributed by atoms with E-state index in [1.807, 2.05) is 48.7 Å². The van der Waals surface area contributed by atoms with Crippen molar-refractivity contribution in [3.63, 3.8) is 0 Å². The van der Waals surface area contributed by atoms with E-state index < -0.39 is 5.97 Å². The number of hydrogen-bond acceptors (Lipinski definition) is 4. The van der Waals surface area contributed by atoms with E-state index in [-0.39, 0.29) is 0 Å². The molecule has 1 aromatic heterocycles. The smallest absolute Gasteiger partial charge is 0.353 e. The molecule has 0 atom stereocenters. The minimum atomic E-state index is -0.485. The first-order valence-electron chi connectivity index (χ1n) is 8.39. The number of methoxy groups -OCH3 is 1. The van der Waals surface area contributed by atoms with Gasteiger partial charge in [0.25, 0.3) is 0 Å². The van der Waals surface area contributed by atoms with Gasteiger partial charge >= 0.3 is 5.97 Å². The number of carbonyl (C=O) groups is 1. The Morgan fingerprint density at radius 1 is 1.18 bits per heavy atom. The minimum Gasteiger partial charge on any atom is -0.464 e. The number of thioether (sulfide) groups is 1. The van der Waals surface area contributed by atoms with Gasteiger partial charge in [0.1, 0.15) is 5.69 Å². The second kappa shape index (κ2) is 8.04. The Bertz CT molecular complexity index is 1130. The van der Waals surface area contributed by atoms with Crippen LogP contribution in [0.2, 0.25) is 0 Å². The first kappa shape index (κ1) is 19.3. The van der Waals surface area contributed by atoms with Crippen molar-refractivity contribution in [1.29, 1.82) is 5.26 Å². The van der Waals surface area contributed by atoms with E-state index in [2.05, 4.69) is 10.9 Å². The van der Waals surface area contributed by atoms with Crippen LogP contribution in [0.15, 0.2) is 53.6 Å². The number of aromatic nitrogens is 1. The molecule has 138 valence electrons. The van der Waals surface area contributed by atoms with Gasteiger partial charge in [-0.3, -0.25) is 0 Å². The maximum absolute atomic E-state index is 12.4. The van der Waals surface area contributed by atoms with Crippen molar-refractivity contribution in [3.05, 3.63) is 71.2 Å². The monoisotopic (exact) mass is 387 g/mol. The average molecular weight is 387 g/mol. The Labute approximate surface area is 168 Å². The summed E-state index contributed by atoms with van der Waals surface area (Å²) in [6.45, 7) is 7.63. The van der Waals surface area contributed by atoms with Crippen LogP contribution in [0.1, 0.15) is 16.1 Å². The van der Waals surface area contributed by atoms with Crippen molar-refractivity contribution in [2.24, 2.45) is 7.05 Å². The maximum atomic E-state index is 12.4. The van der Waals surface area contributed by atoms with Crippen LogP contribution >= 0.6 is 11.8 Å². The lowest BCUT2D eigenvalue weighted by Crippen LogP contribution is -2.09. The summed E-state index contributed by atoms with van der Waals surface area (Å²) < 4.78 is 6.66. The first-order chi connectivity index (χ1) is 13.6. The zero-order chi connectivity index (χ0) is 20.3. The molecule has 6 heteroatoms. The van der Waals surface area contributed by atoms with E-state index in [0.29, 0.717) is 27.5 Å². The molecule has 0 radical (unpaired) electrons. The van der Waals surface area contributed by atoms with E-state index >= 15 is 0 Å². The van der Waals surface area contributed by atoms with Crippen molar-refractivity contribution >= 4 is 23.4 Å². The summed E-state index contributed by atoms with van der Waals surface area (Å²) in [5.41, 5.74) is 4.42. The molecule has 2 aromatic carbocycles. The second-order valence-corrected chi connectivity index (χ2v) is 6.77. The number of hydrogen-bond donors (Lipinski definition) is 0. The summed E-state index contributed by atoms with van der Waals surface area (Å²) >= 11 is 1.41. The Morgan fingerprint density at radius 2 is 1.82 bits per heavy atom. The van der Waals surface area contributed by atoms with E-state index in [9.17, 15) is 10.1 Å². The molecular formula is C22H17N3O2S. The summed E-state index contributed by atoms with van der Waals surface area (Å²) in [5.74, 6) is -0.485. The summed E-state index contributed by atoms with van der Waals surface area (Å²) in [6, 6.07) is 17.1. The van der Waals surface area contributed by atoms with E-state index in [4.69, 9.17) is 11.3 Å². The number of carbonyl (C=O) groups excluding carboxylic acids is 1. The molecule has 0 fully saturated rings. The highest BCUT2D eigenvalue weighted by molar-refractivity contribution is 7.98. The van der Waals surface area contributed by atoms with Crippen molar-refractivity contribution in [2.75, 3.05) is 13.4 Å². The van der Waals surface area contributed by atoms with Gasteiger partial charge in [-0.25, -0.2) is 9.64 Å². The van der Waals surface area contributed by atoms with Crippen molar-refractivity contribution in [2.45, 2.75) is 5.03 Å². The normalized spacial score (nSPS) is 10.2. The number of esters is 1. The predicted octanol–water partition coefficient (Wildman–Crippen LogP) is 5.29. The molecule has 0 aliphatic rings. The summed E-state index contributed by atoms with van der Waals surface area (Å²) in [4.78, 5) is 16.1. The largest absolute Gasteiger partial charge is 0.464 e. The Kier molecular flexibility index (Phi) is 5.54. The first-order valence-corrected chi connectivity index (χ1v) is 9.62. The number of rotatable bonds is 4. The molecule has 3 rings (SSSR count). The van der Waals surface area contributed by atoms with Crippen molar-refractivity contribution in [1.82, 2.24) is 4.57 Å². The molecule has 0 aliphatic carbocycles. The molecule has 5 nitrogen and oxygen atoms in total. The lowest BCUT2D eigenvalue weighted by molar-refractivity contribution is 0.0590. The van der Waals surface area contributed by atoms with Gasteiger partial charge in [0.05, 0.1) is 30.3 Å². The molecule has 0 N–H and O–H groups in total. The third-order valence-electron chi connectivity index (χ3n) is 4.53. The maximum Gasteiger partial charge on any atom is 0.353 e. The third kappa shape index (κ3) is 3.15. The quantitative estimate of drug-likeness (QED) is 0.347. The van der Waals surface area contributed by atoms with Gasteiger partial charge in [0.15, 0.2) is 0 Å². The molecule has 3 aromatic rings. The van der Waals surface area contributed by atoms with Crippen LogP contribution in [0.4, 0.5) is 5.69 Å². The fourth-order valence-electron chi connectivity index (χ4n) is 3.24. The molecule has 28 heavy (non-hydrogen) atoms. The summed E-state index contributed by atoms with van der Waals surface area (Å²) in [6.07, 6.45) is 1.87. The average Bonchev–Trinajstić information content (AvgIpc) is 3.04. The minimum absolute atomic E-state index is 0.350. The zero-order valence-corrected chi connectivity index (χ0v) is 16.5. The van der Waals surface area contributed by atoms with Gasteiger partial charge in [-0.1, -0.05) is 42.5 Å². The van der Waals surface area contributed by atoms with E-state index in [0.717, 1.165) is 16.7 Å². The third-order valence-corrected chi connectivity index (χ3v) is 5.39.